The molecule has 30 heavy (non-hydrogen) atoms. The fourth-order valence-corrected chi connectivity index (χ4v) is 3.72. The van der Waals surface area contributed by atoms with Crippen molar-refractivity contribution in [2.45, 2.75) is 12.8 Å². The smallest absolute Gasteiger partial charge is 0.242 e. The third kappa shape index (κ3) is 7.26. The lowest BCUT2D eigenvalue weighted by Crippen LogP contribution is -2.53. The van der Waals surface area contributed by atoms with Crippen molar-refractivity contribution in [3.63, 3.8) is 0 Å². The van der Waals surface area contributed by atoms with Crippen LogP contribution in [0.15, 0.2) is 0 Å². The van der Waals surface area contributed by atoms with Crippen LogP contribution in [-0.4, -0.2) is 122 Å². The largest absolute Gasteiger partial charge is 0.339 e. The van der Waals surface area contributed by atoms with E-state index < -0.39 is 0 Å². The quantitative estimate of drug-likeness (QED) is 0.503. The van der Waals surface area contributed by atoms with Gasteiger partial charge in [-0.15, -0.1) is 24.8 Å². The Balaban J connectivity index is 0.00000225. The van der Waals surface area contributed by atoms with Crippen LogP contribution < -0.4 is 10.6 Å². The van der Waals surface area contributed by atoms with Gasteiger partial charge in [0, 0.05) is 78.3 Å². The molecule has 0 aromatic carbocycles. The molecule has 3 fully saturated rings. The van der Waals surface area contributed by atoms with Crippen LogP contribution in [0.5, 0.6) is 0 Å². The Kier molecular flexibility index (Phi) is 11.4. The van der Waals surface area contributed by atoms with Gasteiger partial charge in [-0.1, -0.05) is 0 Å². The molecule has 10 nitrogen and oxygen atoms in total. The van der Waals surface area contributed by atoms with Crippen molar-refractivity contribution in [3.05, 3.63) is 0 Å². The minimum Gasteiger partial charge on any atom is -0.339 e. The molecular formula is C18H32Cl2N6O4. The van der Waals surface area contributed by atoms with Crippen LogP contribution in [0, 0.1) is 0 Å². The molecule has 3 heterocycles. The molecule has 3 aliphatic heterocycles. The average molecular weight is 467 g/mol. The van der Waals surface area contributed by atoms with Crippen molar-refractivity contribution in [3.8, 4) is 0 Å². The van der Waals surface area contributed by atoms with Crippen molar-refractivity contribution in [1.29, 1.82) is 0 Å². The predicted molar refractivity (Wildman–Crippen MR) is 116 cm³/mol. The zero-order valence-electron chi connectivity index (χ0n) is 17.1. The van der Waals surface area contributed by atoms with Crippen LogP contribution >= 0.6 is 24.8 Å². The lowest BCUT2D eigenvalue weighted by Gasteiger charge is -2.34. The van der Waals surface area contributed by atoms with E-state index in [-0.39, 0.29) is 87.5 Å². The van der Waals surface area contributed by atoms with E-state index in [0.717, 1.165) is 26.2 Å². The summed E-state index contributed by atoms with van der Waals surface area (Å²) in [7, 11) is 0. The van der Waals surface area contributed by atoms with Gasteiger partial charge in [0.15, 0.2) is 0 Å². The minimum atomic E-state index is -0.143. The van der Waals surface area contributed by atoms with Gasteiger partial charge in [0.25, 0.3) is 0 Å². The number of amides is 4. The molecule has 0 saturated carbocycles. The number of carbonyl (C=O) groups is 4. The Morgan fingerprint density at radius 3 is 1.30 bits per heavy atom. The number of nitrogens with zero attached hydrogens (tertiary/aromatic N) is 4. The van der Waals surface area contributed by atoms with Crippen LogP contribution in [0.1, 0.15) is 12.8 Å². The summed E-state index contributed by atoms with van der Waals surface area (Å²) in [6.45, 7) is 6.07. The molecule has 0 atom stereocenters. The standard InChI is InChI=1S/C18H30N6O4.2ClH/c25-15-1-7-23(13-17(27)21-9-3-19-4-10-21)16(26)2-8-24(15)14-18(28)22-11-5-20-6-12-22;;/h19-20H,1-14H2;2*1H. The number of hydrogen-bond acceptors (Lipinski definition) is 6. The van der Waals surface area contributed by atoms with Crippen molar-refractivity contribution >= 4 is 48.4 Å². The van der Waals surface area contributed by atoms with Crippen molar-refractivity contribution in [2.75, 3.05) is 78.5 Å². The maximum atomic E-state index is 12.5. The van der Waals surface area contributed by atoms with Crippen LogP contribution in [0.25, 0.3) is 0 Å². The van der Waals surface area contributed by atoms with Gasteiger partial charge >= 0.3 is 0 Å². The van der Waals surface area contributed by atoms with Gasteiger partial charge in [-0.05, 0) is 0 Å². The van der Waals surface area contributed by atoms with Crippen LogP contribution in [0.4, 0.5) is 0 Å². The van der Waals surface area contributed by atoms with E-state index in [0.29, 0.717) is 26.2 Å². The highest BCUT2D eigenvalue weighted by Crippen LogP contribution is 2.09. The van der Waals surface area contributed by atoms with Gasteiger partial charge < -0.3 is 30.2 Å². The molecule has 0 bridgehead atoms. The second-order valence-corrected chi connectivity index (χ2v) is 7.39. The van der Waals surface area contributed by atoms with E-state index in [1.165, 1.54) is 9.80 Å². The molecule has 0 spiro atoms. The van der Waals surface area contributed by atoms with E-state index in [4.69, 9.17) is 0 Å². The summed E-state index contributed by atoms with van der Waals surface area (Å²) >= 11 is 0. The number of nitrogens with one attached hydrogen (secondary N) is 2. The first-order valence-electron chi connectivity index (χ1n) is 10.1. The monoisotopic (exact) mass is 466 g/mol. The van der Waals surface area contributed by atoms with Crippen molar-refractivity contribution in [2.24, 2.45) is 0 Å². The van der Waals surface area contributed by atoms with Crippen LogP contribution in [-0.2, 0) is 19.2 Å². The molecule has 0 aliphatic carbocycles. The molecule has 172 valence electrons. The Morgan fingerprint density at radius 2 is 0.967 bits per heavy atom. The minimum absolute atomic E-state index is 0. The maximum Gasteiger partial charge on any atom is 0.242 e. The molecule has 12 heteroatoms. The highest BCUT2D eigenvalue weighted by atomic mass is 35.5. The summed E-state index contributed by atoms with van der Waals surface area (Å²) in [6, 6.07) is 0. The molecule has 0 aromatic rings. The molecule has 0 radical (unpaired) electrons. The van der Waals surface area contributed by atoms with Gasteiger partial charge in [0.05, 0.1) is 13.1 Å². The Hall–Kier alpha value is -1.62. The number of carbonyl (C=O) groups excluding carboxylic acids is 4. The second-order valence-electron chi connectivity index (χ2n) is 7.39. The Bertz CT molecular complexity index is 559. The molecule has 0 aromatic heterocycles. The van der Waals surface area contributed by atoms with E-state index in [9.17, 15) is 19.2 Å². The van der Waals surface area contributed by atoms with Gasteiger partial charge in [-0.25, -0.2) is 0 Å². The molecule has 3 aliphatic rings. The van der Waals surface area contributed by atoms with Crippen molar-refractivity contribution < 1.29 is 19.2 Å². The van der Waals surface area contributed by atoms with E-state index in [2.05, 4.69) is 10.6 Å². The molecule has 3 saturated heterocycles. The Labute approximate surface area is 189 Å². The van der Waals surface area contributed by atoms with E-state index in [1.807, 2.05) is 0 Å². The fourth-order valence-electron chi connectivity index (χ4n) is 3.72. The number of piperazine rings is 2. The topological polar surface area (TPSA) is 105 Å². The second kappa shape index (κ2) is 12.9. The lowest BCUT2D eigenvalue weighted by atomic mass is 10.2. The summed E-state index contributed by atoms with van der Waals surface area (Å²) in [6.07, 6.45) is 0.269. The molecule has 0 unspecified atom stereocenters. The van der Waals surface area contributed by atoms with Gasteiger partial charge in [-0.2, -0.15) is 0 Å². The predicted octanol–water partition coefficient (Wildman–Crippen LogP) is -1.86. The third-order valence-corrected chi connectivity index (χ3v) is 5.49. The summed E-state index contributed by atoms with van der Waals surface area (Å²) in [5.74, 6) is -0.437. The molecule has 4 amide bonds. The summed E-state index contributed by atoms with van der Waals surface area (Å²) in [4.78, 5) is 56.4. The fraction of sp³-hybridized carbons (Fsp3) is 0.778. The number of halogens is 2. The number of rotatable bonds is 4. The molecule has 3 rings (SSSR count). The van der Waals surface area contributed by atoms with Gasteiger partial charge in [0.1, 0.15) is 0 Å². The normalized spacial score (nSPS) is 20.7. The first kappa shape index (κ1) is 26.4. The summed E-state index contributed by atoms with van der Waals surface area (Å²) in [5, 5.41) is 6.38. The SMILES string of the molecule is Cl.Cl.O=C(CN1CCC(=O)N(CC(=O)N2CCNCC2)CCC1=O)N1CCNCC1. The van der Waals surface area contributed by atoms with E-state index in [1.54, 1.807) is 9.80 Å². The number of hydrogen-bond donors (Lipinski definition) is 2. The first-order valence-corrected chi connectivity index (χ1v) is 10.1. The van der Waals surface area contributed by atoms with Crippen LogP contribution in [0.2, 0.25) is 0 Å². The lowest BCUT2D eigenvalue weighted by molar-refractivity contribution is -0.147. The summed E-state index contributed by atoms with van der Waals surface area (Å²) in [5.41, 5.74) is 0. The van der Waals surface area contributed by atoms with Crippen LogP contribution in [0.3, 0.4) is 0 Å². The highest BCUT2D eigenvalue weighted by molar-refractivity contribution is 5.88. The van der Waals surface area contributed by atoms with Gasteiger partial charge in [0.2, 0.25) is 23.6 Å². The van der Waals surface area contributed by atoms with Crippen molar-refractivity contribution in [1.82, 2.24) is 30.2 Å². The van der Waals surface area contributed by atoms with Gasteiger partial charge in [-0.3, -0.25) is 19.2 Å². The molecular weight excluding hydrogens is 435 g/mol. The highest BCUT2D eigenvalue weighted by Gasteiger charge is 2.28. The average Bonchev–Trinajstić information content (AvgIpc) is 2.73. The zero-order valence-corrected chi connectivity index (χ0v) is 18.8. The zero-order chi connectivity index (χ0) is 19.9. The van der Waals surface area contributed by atoms with E-state index >= 15 is 0 Å². The first-order chi connectivity index (χ1) is 13.5. The maximum absolute atomic E-state index is 12.5. The summed E-state index contributed by atoms with van der Waals surface area (Å²) < 4.78 is 0. The third-order valence-electron chi connectivity index (χ3n) is 5.49. The Morgan fingerprint density at radius 1 is 0.633 bits per heavy atom. The molecule has 2 N–H and O–H groups in total.